The van der Waals surface area contributed by atoms with Gasteiger partial charge in [0.1, 0.15) is 0 Å². The molecule has 0 bridgehead atoms. The van der Waals surface area contributed by atoms with Gasteiger partial charge in [-0.25, -0.2) is 8.42 Å². The van der Waals surface area contributed by atoms with Crippen LogP contribution in [0.5, 0.6) is 0 Å². The standard InChI is InChI=1S/C16H22N2O3S/c1-12(16(19)18-9-2-3-10-18)17-22(20,21)15-8-7-13-5-4-6-14(13)11-15/h7-8,11-12,17H,2-6,9-10H2,1H3/t12-/m1/s1. The summed E-state index contributed by atoms with van der Waals surface area (Å²) in [5.41, 5.74) is 2.35. The van der Waals surface area contributed by atoms with E-state index in [0.29, 0.717) is 0 Å². The molecule has 6 heteroatoms. The molecule has 1 heterocycles. The number of carbonyl (C=O) groups excluding carboxylic acids is 1. The predicted octanol–water partition coefficient (Wildman–Crippen LogP) is 1.46. The third kappa shape index (κ3) is 3.03. The van der Waals surface area contributed by atoms with E-state index >= 15 is 0 Å². The van der Waals surface area contributed by atoms with Crippen molar-refractivity contribution in [1.29, 1.82) is 0 Å². The van der Waals surface area contributed by atoms with E-state index in [9.17, 15) is 13.2 Å². The Bertz CT molecular complexity index is 679. The average molecular weight is 322 g/mol. The fourth-order valence-electron chi connectivity index (χ4n) is 3.28. The molecular weight excluding hydrogens is 300 g/mol. The van der Waals surface area contributed by atoms with Gasteiger partial charge in [0.05, 0.1) is 10.9 Å². The van der Waals surface area contributed by atoms with Crippen molar-refractivity contribution in [3.8, 4) is 0 Å². The second kappa shape index (κ2) is 6.01. The summed E-state index contributed by atoms with van der Waals surface area (Å²) in [4.78, 5) is 14.2. The van der Waals surface area contributed by atoms with Gasteiger partial charge < -0.3 is 4.90 Å². The van der Waals surface area contributed by atoms with Gasteiger partial charge in [-0.05, 0) is 62.3 Å². The number of fused-ring (bicyclic) bond motifs is 1. The first kappa shape index (κ1) is 15.5. The molecule has 1 aromatic carbocycles. The van der Waals surface area contributed by atoms with Gasteiger partial charge in [-0.2, -0.15) is 4.72 Å². The van der Waals surface area contributed by atoms with Crippen molar-refractivity contribution in [3.63, 3.8) is 0 Å². The Morgan fingerprint density at radius 2 is 1.82 bits per heavy atom. The topological polar surface area (TPSA) is 66.5 Å². The highest BCUT2D eigenvalue weighted by Crippen LogP contribution is 2.24. The Morgan fingerprint density at radius 1 is 1.14 bits per heavy atom. The molecule has 3 rings (SSSR count). The van der Waals surface area contributed by atoms with E-state index in [4.69, 9.17) is 0 Å². The minimum atomic E-state index is -3.65. The summed E-state index contributed by atoms with van der Waals surface area (Å²) in [6, 6.07) is 4.55. The zero-order chi connectivity index (χ0) is 15.7. The van der Waals surface area contributed by atoms with Crippen LogP contribution < -0.4 is 4.72 Å². The van der Waals surface area contributed by atoms with E-state index in [1.807, 2.05) is 6.07 Å². The van der Waals surface area contributed by atoms with Gasteiger partial charge in [-0.1, -0.05) is 6.07 Å². The normalized spacial score (nSPS) is 19.2. The van der Waals surface area contributed by atoms with Crippen LogP contribution in [0.3, 0.4) is 0 Å². The van der Waals surface area contributed by atoms with Crippen LogP contribution >= 0.6 is 0 Å². The minimum absolute atomic E-state index is 0.137. The van der Waals surface area contributed by atoms with Gasteiger partial charge in [0.25, 0.3) is 0 Å². The molecule has 0 radical (unpaired) electrons. The molecule has 1 aromatic rings. The number of aryl methyl sites for hydroxylation is 2. The fraction of sp³-hybridized carbons (Fsp3) is 0.562. The Hall–Kier alpha value is -1.40. The zero-order valence-corrected chi connectivity index (χ0v) is 13.7. The summed E-state index contributed by atoms with van der Waals surface area (Å²) >= 11 is 0. The van der Waals surface area contributed by atoms with E-state index in [1.54, 1.807) is 24.0 Å². The maximum atomic E-state index is 12.5. The van der Waals surface area contributed by atoms with Crippen LogP contribution in [0.15, 0.2) is 23.1 Å². The molecule has 1 amide bonds. The lowest BCUT2D eigenvalue weighted by Gasteiger charge is -2.21. The smallest absolute Gasteiger partial charge is 0.241 e. The molecule has 1 N–H and O–H groups in total. The number of hydrogen-bond donors (Lipinski definition) is 1. The molecule has 1 fully saturated rings. The van der Waals surface area contributed by atoms with Gasteiger partial charge in [0, 0.05) is 13.1 Å². The summed E-state index contributed by atoms with van der Waals surface area (Å²) in [7, 11) is -3.65. The Labute approximate surface area is 131 Å². The highest BCUT2D eigenvalue weighted by Gasteiger charge is 2.27. The van der Waals surface area contributed by atoms with Crippen LogP contribution in [0.4, 0.5) is 0 Å². The van der Waals surface area contributed by atoms with Crippen molar-refractivity contribution in [1.82, 2.24) is 9.62 Å². The van der Waals surface area contributed by atoms with E-state index in [-0.39, 0.29) is 10.8 Å². The lowest BCUT2D eigenvalue weighted by molar-refractivity contribution is -0.131. The Balaban J connectivity index is 1.74. The Morgan fingerprint density at radius 3 is 2.55 bits per heavy atom. The Kier molecular flexibility index (Phi) is 4.23. The zero-order valence-electron chi connectivity index (χ0n) is 12.8. The molecule has 1 aliphatic heterocycles. The molecule has 1 atom stereocenters. The second-order valence-corrected chi connectivity index (χ2v) is 7.87. The van der Waals surface area contributed by atoms with Gasteiger partial charge >= 0.3 is 0 Å². The van der Waals surface area contributed by atoms with E-state index < -0.39 is 16.1 Å². The molecule has 120 valence electrons. The van der Waals surface area contributed by atoms with Gasteiger partial charge in [-0.15, -0.1) is 0 Å². The number of hydrogen-bond acceptors (Lipinski definition) is 3. The van der Waals surface area contributed by atoms with Crippen molar-refractivity contribution in [2.45, 2.75) is 50.0 Å². The molecule has 0 spiro atoms. The second-order valence-electron chi connectivity index (χ2n) is 6.16. The number of rotatable bonds is 4. The van der Waals surface area contributed by atoms with E-state index in [1.165, 1.54) is 5.56 Å². The number of nitrogens with zero attached hydrogens (tertiary/aromatic N) is 1. The molecule has 1 aliphatic carbocycles. The SMILES string of the molecule is C[C@@H](NS(=O)(=O)c1ccc2c(c1)CCC2)C(=O)N1CCCC1. The average Bonchev–Trinajstić information content (AvgIpc) is 3.16. The lowest BCUT2D eigenvalue weighted by atomic mass is 10.1. The minimum Gasteiger partial charge on any atom is -0.341 e. The quantitative estimate of drug-likeness (QED) is 0.913. The first-order valence-electron chi connectivity index (χ1n) is 7.90. The van der Waals surface area contributed by atoms with Crippen molar-refractivity contribution in [3.05, 3.63) is 29.3 Å². The van der Waals surface area contributed by atoms with Crippen LogP contribution in [0, 0.1) is 0 Å². The summed E-state index contributed by atoms with van der Waals surface area (Å²) in [6.07, 6.45) is 5.02. The summed E-state index contributed by atoms with van der Waals surface area (Å²) in [6.45, 7) is 3.07. The number of amides is 1. The van der Waals surface area contributed by atoms with E-state index in [2.05, 4.69) is 4.72 Å². The molecule has 1 saturated heterocycles. The molecule has 5 nitrogen and oxygen atoms in total. The predicted molar refractivity (Wildman–Crippen MR) is 84.1 cm³/mol. The van der Waals surface area contributed by atoms with Gasteiger partial charge in [0.2, 0.25) is 15.9 Å². The third-order valence-corrected chi connectivity index (χ3v) is 6.04. The highest BCUT2D eigenvalue weighted by atomic mass is 32.2. The fourth-order valence-corrected chi connectivity index (χ4v) is 4.52. The molecule has 22 heavy (non-hydrogen) atoms. The number of benzene rings is 1. The number of carbonyl (C=O) groups is 1. The maximum Gasteiger partial charge on any atom is 0.241 e. The molecular formula is C16H22N2O3S. The highest BCUT2D eigenvalue weighted by molar-refractivity contribution is 7.89. The number of sulfonamides is 1. The lowest BCUT2D eigenvalue weighted by Crippen LogP contribution is -2.45. The largest absolute Gasteiger partial charge is 0.341 e. The first-order chi connectivity index (χ1) is 10.5. The number of likely N-dealkylation sites (tertiary alicyclic amines) is 1. The van der Waals surface area contributed by atoms with Crippen LogP contribution in [-0.2, 0) is 27.7 Å². The van der Waals surface area contributed by atoms with Crippen molar-refractivity contribution in [2.24, 2.45) is 0 Å². The van der Waals surface area contributed by atoms with Crippen LogP contribution in [0.25, 0.3) is 0 Å². The molecule has 0 saturated carbocycles. The summed E-state index contributed by atoms with van der Waals surface area (Å²) in [5, 5.41) is 0. The first-order valence-corrected chi connectivity index (χ1v) is 9.38. The van der Waals surface area contributed by atoms with Crippen molar-refractivity contribution < 1.29 is 13.2 Å². The molecule has 0 unspecified atom stereocenters. The van der Waals surface area contributed by atoms with Crippen molar-refractivity contribution in [2.75, 3.05) is 13.1 Å². The maximum absolute atomic E-state index is 12.5. The van der Waals surface area contributed by atoms with Crippen LogP contribution in [-0.4, -0.2) is 38.4 Å². The van der Waals surface area contributed by atoms with Crippen LogP contribution in [0.1, 0.15) is 37.3 Å². The third-order valence-electron chi connectivity index (χ3n) is 4.50. The molecule has 2 aliphatic rings. The number of nitrogens with one attached hydrogen (secondary N) is 1. The summed E-state index contributed by atoms with van der Waals surface area (Å²) < 4.78 is 27.5. The monoisotopic (exact) mass is 322 g/mol. The van der Waals surface area contributed by atoms with Gasteiger partial charge in [0.15, 0.2) is 0 Å². The summed E-state index contributed by atoms with van der Waals surface area (Å²) in [5.74, 6) is -0.137. The van der Waals surface area contributed by atoms with Crippen LogP contribution in [0.2, 0.25) is 0 Å². The van der Waals surface area contributed by atoms with Crippen molar-refractivity contribution >= 4 is 15.9 Å². The van der Waals surface area contributed by atoms with Gasteiger partial charge in [-0.3, -0.25) is 4.79 Å². The molecule has 0 aromatic heterocycles. The van der Waals surface area contributed by atoms with E-state index in [0.717, 1.165) is 50.8 Å².